The number of pyridine rings is 1. The van der Waals surface area contributed by atoms with Crippen molar-refractivity contribution in [1.29, 1.82) is 0 Å². The number of nitrogens with zero attached hydrogens (tertiary/aromatic N) is 1. The van der Waals surface area contributed by atoms with Gasteiger partial charge in [0.15, 0.2) is 5.69 Å². The van der Waals surface area contributed by atoms with Crippen LogP contribution in [0.25, 0.3) is 6.08 Å². The average molecular weight is 220 g/mol. The number of carboxylic acid groups (broad SMARTS) is 1. The number of carbonyl (C=O) groups excluding carboxylic acids is 1. The van der Waals surface area contributed by atoms with Gasteiger partial charge in [0.1, 0.15) is 0 Å². The van der Waals surface area contributed by atoms with E-state index in [4.69, 9.17) is 10.8 Å². The molecule has 0 aromatic carbocycles. The molecular weight excluding hydrogens is 208 g/mol. The highest BCUT2D eigenvalue weighted by atomic mass is 16.4. The van der Waals surface area contributed by atoms with Crippen LogP contribution < -0.4 is 5.73 Å². The van der Waals surface area contributed by atoms with Crippen LogP contribution in [0.1, 0.15) is 28.0 Å². The molecule has 0 bridgehead atoms. The molecule has 0 atom stereocenters. The molecule has 0 aliphatic heterocycles. The molecule has 5 nitrogen and oxygen atoms in total. The van der Waals surface area contributed by atoms with E-state index in [1.165, 1.54) is 18.3 Å². The van der Waals surface area contributed by atoms with Crippen molar-refractivity contribution in [3.8, 4) is 0 Å². The zero-order valence-electron chi connectivity index (χ0n) is 8.80. The molecule has 0 fully saturated rings. The minimum Gasteiger partial charge on any atom is -0.476 e. The fraction of sp³-hybridized carbons (Fsp3) is 0.182. The lowest BCUT2D eigenvalue weighted by atomic mass is 10.1. The van der Waals surface area contributed by atoms with Gasteiger partial charge in [-0.2, -0.15) is 0 Å². The lowest BCUT2D eigenvalue weighted by Crippen LogP contribution is -2.08. The summed E-state index contributed by atoms with van der Waals surface area (Å²) in [6.07, 6.45) is 4.61. The van der Waals surface area contributed by atoms with Crippen LogP contribution in [0.15, 0.2) is 18.3 Å². The van der Waals surface area contributed by atoms with Gasteiger partial charge in [0.05, 0.1) is 0 Å². The Balaban J connectivity index is 3.01. The summed E-state index contributed by atoms with van der Waals surface area (Å²) in [5, 5.41) is 8.88. The molecule has 1 aromatic heterocycles. The van der Waals surface area contributed by atoms with Crippen molar-refractivity contribution in [2.24, 2.45) is 5.73 Å². The van der Waals surface area contributed by atoms with Crippen molar-refractivity contribution in [3.63, 3.8) is 0 Å². The first-order valence-electron chi connectivity index (χ1n) is 4.65. The Labute approximate surface area is 92.6 Å². The van der Waals surface area contributed by atoms with E-state index in [-0.39, 0.29) is 12.1 Å². The van der Waals surface area contributed by atoms with Gasteiger partial charge in [-0.1, -0.05) is 12.2 Å². The van der Waals surface area contributed by atoms with Gasteiger partial charge < -0.3 is 10.8 Å². The average Bonchev–Trinajstić information content (AvgIpc) is 2.16. The van der Waals surface area contributed by atoms with Crippen LogP contribution in [0.3, 0.4) is 0 Å². The number of nitrogens with two attached hydrogens (primary N) is 1. The standard InChI is InChI=1S/C11H12N2O3/c1-7-5-8(3-2-4-9(12)14)10(11(15)16)13-6-7/h2-3,5-6H,4H2,1H3,(H2,12,14)(H,15,16). The van der Waals surface area contributed by atoms with Crippen LogP contribution in [-0.2, 0) is 4.79 Å². The summed E-state index contributed by atoms with van der Waals surface area (Å²) in [4.78, 5) is 25.2. The van der Waals surface area contributed by atoms with E-state index >= 15 is 0 Å². The molecule has 1 rings (SSSR count). The summed E-state index contributed by atoms with van der Waals surface area (Å²) < 4.78 is 0. The number of aromatic nitrogens is 1. The quantitative estimate of drug-likeness (QED) is 0.790. The molecule has 1 amide bonds. The van der Waals surface area contributed by atoms with Crippen molar-refractivity contribution >= 4 is 18.0 Å². The molecule has 5 heteroatoms. The highest BCUT2D eigenvalue weighted by molar-refractivity contribution is 5.90. The maximum absolute atomic E-state index is 10.8. The first-order valence-corrected chi connectivity index (χ1v) is 4.65. The first-order chi connectivity index (χ1) is 7.50. The summed E-state index contributed by atoms with van der Waals surface area (Å²) in [5.74, 6) is -1.56. The van der Waals surface area contributed by atoms with E-state index in [0.717, 1.165) is 5.56 Å². The SMILES string of the molecule is Cc1cnc(C(=O)O)c(C=CCC(N)=O)c1. The molecule has 0 aliphatic carbocycles. The second-order valence-corrected chi connectivity index (χ2v) is 3.33. The summed E-state index contributed by atoms with van der Waals surface area (Å²) in [7, 11) is 0. The number of carboxylic acids is 1. The summed E-state index contributed by atoms with van der Waals surface area (Å²) in [6.45, 7) is 1.81. The van der Waals surface area contributed by atoms with E-state index in [0.29, 0.717) is 5.56 Å². The van der Waals surface area contributed by atoms with E-state index in [2.05, 4.69) is 4.98 Å². The smallest absolute Gasteiger partial charge is 0.355 e. The van der Waals surface area contributed by atoms with E-state index in [1.54, 1.807) is 6.07 Å². The monoisotopic (exact) mass is 220 g/mol. The summed E-state index contributed by atoms with van der Waals surface area (Å²) >= 11 is 0. The molecular formula is C11H12N2O3. The van der Waals surface area contributed by atoms with Crippen LogP contribution in [-0.4, -0.2) is 22.0 Å². The summed E-state index contributed by atoms with van der Waals surface area (Å²) in [6, 6.07) is 1.69. The number of hydrogen-bond donors (Lipinski definition) is 2. The van der Waals surface area contributed by atoms with Crippen LogP contribution in [0.5, 0.6) is 0 Å². The summed E-state index contributed by atoms with van der Waals surface area (Å²) in [5.41, 5.74) is 6.24. The normalized spacial score (nSPS) is 10.6. The number of amides is 1. The zero-order valence-corrected chi connectivity index (χ0v) is 8.80. The number of carbonyl (C=O) groups is 2. The molecule has 1 heterocycles. The van der Waals surface area contributed by atoms with E-state index in [1.807, 2.05) is 6.92 Å². The lowest BCUT2D eigenvalue weighted by molar-refractivity contribution is -0.117. The lowest BCUT2D eigenvalue weighted by Gasteiger charge is -2.01. The largest absolute Gasteiger partial charge is 0.476 e. The van der Waals surface area contributed by atoms with Gasteiger partial charge in [-0.25, -0.2) is 9.78 Å². The highest BCUT2D eigenvalue weighted by Gasteiger charge is 2.09. The second kappa shape index (κ2) is 5.06. The Morgan fingerprint density at radius 1 is 1.56 bits per heavy atom. The molecule has 1 aromatic rings. The van der Waals surface area contributed by atoms with Crippen molar-refractivity contribution in [2.75, 3.05) is 0 Å². The molecule has 0 unspecified atom stereocenters. The van der Waals surface area contributed by atoms with Gasteiger partial charge >= 0.3 is 5.97 Å². The van der Waals surface area contributed by atoms with Gasteiger partial charge in [-0.3, -0.25) is 4.79 Å². The Kier molecular flexibility index (Phi) is 3.77. The predicted molar refractivity (Wildman–Crippen MR) is 58.8 cm³/mol. The van der Waals surface area contributed by atoms with Gasteiger partial charge in [0.25, 0.3) is 0 Å². The number of aromatic carboxylic acids is 1. The van der Waals surface area contributed by atoms with E-state index in [9.17, 15) is 9.59 Å². The fourth-order valence-corrected chi connectivity index (χ4v) is 1.20. The van der Waals surface area contributed by atoms with Crippen molar-refractivity contribution in [3.05, 3.63) is 35.2 Å². The van der Waals surface area contributed by atoms with Gasteiger partial charge in [0, 0.05) is 18.2 Å². The fourth-order valence-electron chi connectivity index (χ4n) is 1.20. The van der Waals surface area contributed by atoms with Crippen molar-refractivity contribution in [2.45, 2.75) is 13.3 Å². The third-order valence-corrected chi connectivity index (χ3v) is 1.87. The minimum absolute atomic E-state index is 0.0358. The predicted octanol–water partition coefficient (Wildman–Crippen LogP) is 0.977. The molecule has 84 valence electrons. The van der Waals surface area contributed by atoms with Gasteiger partial charge in [-0.05, 0) is 18.6 Å². The van der Waals surface area contributed by atoms with Crippen LogP contribution >= 0.6 is 0 Å². The first kappa shape index (κ1) is 11.9. The second-order valence-electron chi connectivity index (χ2n) is 3.33. The maximum atomic E-state index is 10.8. The third kappa shape index (κ3) is 3.20. The Morgan fingerprint density at radius 2 is 2.25 bits per heavy atom. The minimum atomic E-state index is -1.10. The van der Waals surface area contributed by atoms with Crippen molar-refractivity contribution < 1.29 is 14.7 Å². The number of aryl methyl sites for hydroxylation is 1. The maximum Gasteiger partial charge on any atom is 0.355 e. The van der Waals surface area contributed by atoms with Crippen molar-refractivity contribution in [1.82, 2.24) is 4.98 Å². The highest BCUT2D eigenvalue weighted by Crippen LogP contribution is 2.11. The number of rotatable bonds is 4. The molecule has 0 saturated heterocycles. The third-order valence-electron chi connectivity index (χ3n) is 1.87. The Bertz CT molecular complexity index is 453. The van der Waals surface area contributed by atoms with Crippen LogP contribution in [0, 0.1) is 6.92 Å². The van der Waals surface area contributed by atoms with Crippen LogP contribution in [0.2, 0.25) is 0 Å². The Hall–Kier alpha value is -2.17. The number of hydrogen-bond acceptors (Lipinski definition) is 3. The molecule has 3 N–H and O–H groups in total. The molecule has 16 heavy (non-hydrogen) atoms. The zero-order chi connectivity index (χ0) is 12.1. The molecule has 0 radical (unpaired) electrons. The molecule has 0 spiro atoms. The molecule has 0 saturated carbocycles. The van der Waals surface area contributed by atoms with Gasteiger partial charge in [0.2, 0.25) is 5.91 Å². The van der Waals surface area contributed by atoms with Gasteiger partial charge in [-0.15, -0.1) is 0 Å². The van der Waals surface area contributed by atoms with Crippen LogP contribution in [0.4, 0.5) is 0 Å². The Morgan fingerprint density at radius 3 is 2.81 bits per heavy atom. The molecule has 0 aliphatic rings. The topological polar surface area (TPSA) is 93.3 Å². The number of primary amides is 1. The van der Waals surface area contributed by atoms with E-state index < -0.39 is 11.9 Å².